The summed E-state index contributed by atoms with van der Waals surface area (Å²) in [6, 6.07) is 3.45. The quantitative estimate of drug-likeness (QED) is 0.526. The lowest BCUT2D eigenvalue weighted by Gasteiger charge is -2.13. The van der Waals surface area contributed by atoms with Crippen molar-refractivity contribution in [2.24, 2.45) is 0 Å². The minimum absolute atomic E-state index is 0.0419. The minimum Gasteiger partial charge on any atom is -0.744 e. The van der Waals surface area contributed by atoms with E-state index in [1.54, 1.807) is 0 Å². The summed E-state index contributed by atoms with van der Waals surface area (Å²) < 4.78 is 64.5. The molecule has 10 heteroatoms. The van der Waals surface area contributed by atoms with Gasteiger partial charge in [-0.05, 0) is 24.3 Å². The van der Waals surface area contributed by atoms with Crippen LogP contribution in [-0.2, 0) is 20.2 Å². The molecule has 0 aromatic heterocycles. The lowest BCUT2D eigenvalue weighted by molar-refractivity contribution is 0.457. The zero-order valence-electron chi connectivity index (χ0n) is 9.64. The van der Waals surface area contributed by atoms with Crippen molar-refractivity contribution in [2.75, 3.05) is 5.73 Å². The van der Waals surface area contributed by atoms with Gasteiger partial charge in [-0.3, -0.25) is 4.55 Å². The fraction of sp³-hybridized carbons (Fsp3) is 0. The molecule has 0 aliphatic rings. The van der Waals surface area contributed by atoms with Crippen LogP contribution in [0.5, 0.6) is 5.75 Å². The molecule has 0 bridgehead atoms. The molecule has 0 atom stereocenters. The van der Waals surface area contributed by atoms with Crippen molar-refractivity contribution < 1.29 is 31.0 Å². The molecular formula is C10H8NO7S2-. The van der Waals surface area contributed by atoms with E-state index >= 15 is 0 Å². The Morgan fingerprint density at radius 2 is 1.70 bits per heavy atom. The molecule has 108 valence electrons. The summed E-state index contributed by atoms with van der Waals surface area (Å²) in [5.74, 6) is -0.681. The first kappa shape index (κ1) is 14.5. The molecule has 0 saturated carbocycles. The van der Waals surface area contributed by atoms with Gasteiger partial charge >= 0.3 is 0 Å². The number of anilines is 1. The molecular weight excluding hydrogens is 310 g/mol. The molecule has 0 aliphatic heterocycles. The number of benzene rings is 2. The smallest absolute Gasteiger partial charge is 0.295 e. The summed E-state index contributed by atoms with van der Waals surface area (Å²) in [6.07, 6.45) is 0. The van der Waals surface area contributed by atoms with E-state index in [-0.39, 0.29) is 16.5 Å². The van der Waals surface area contributed by atoms with Gasteiger partial charge in [0.15, 0.2) is 0 Å². The lowest BCUT2D eigenvalue weighted by atomic mass is 10.1. The Labute approximate surface area is 114 Å². The van der Waals surface area contributed by atoms with Crippen LogP contribution in [0.15, 0.2) is 34.1 Å². The number of phenols is 1. The second kappa shape index (κ2) is 4.31. The van der Waals surface area contributed by atoms with Crippen molar-refractivity contribution >= 4 is 36.7 Å². The van der Waals surface area contributed by atoms with Gasteiger partial charge in [-0.2, -0.15) is 8.42 Å². The van der Waals surface area contributed by atoms with Crippen LogP contribution in [0.25, 0.3) is 10.8 Å². The Bertz CT molecular complexity index is 916. The number of nitrogen functional groups attached to an aromatic ring is 1. The fourth-order valence-electron chi connectivity index (χ4n) is 1.81. The first-order chi connectivity index (χ1) is 9.01. The Morgan fingerprint density at radius 3 is 2.20 bits per heavy atom. The molecule has 0 amide bonds. The topological polar surface area (TPSA) is 158 Å². The van der Waals surface area contributed by atoms with Gasteiger partial charge in [-0.15, -0.1) is 0 Å². The van der Waals surface area contributed by atoms with E-state index in [4.69, 9.17) is 10.3 Å². The zero-order chi connectivity index (χ0) is 15.3. The van der Waals surface area contributed by atoms with Crippen LogP contribution in [0.3, 0.4) is 0 Å². The number of hydrogen-bond acceptors (Lipinski definition) is 7. The van der Waals surface area contributed by atoms with E-state index in [1.807, 2.05) is 0 Å². The summed E-state index contributed by atoms with van der Waals surface area (Å²) in [7, 11) is -9.61. The van der Waals surface area contributed by atoms with Gasteiger partial charge in [0.2, 0.25) is 0 Å². The molecule has 2 aromatic rings. The largest absolute Gasteiger partial charge is 0.744 e. The monoisotopic (exact) mass is 318 g/mol. The summed E-state index contributed by atoms with van der Waals surface area (Å²) in [5.41, 5.74) is 5.52. The van der Waals surface area contributed by atoms with Crippen LogP contribution >= 0.6 is 0 Å². The van der Waals surface area contributed by atoms with Crippen molar-refractivity contribution in [3.63, 3.8) is 0 Å². The molecule has 8 nitrogen and oxygen atoms in total. The number of nitrogens with two attached hydrogens (primary N) is 1. The van der Waals surface area contributed by atoms with Crippen molar-refractivity contribution in [3.8, 4) is 5.75 Å². The summed E-state index contributed by atoms with van der Waals surface area (Å²) >= 11 is 0. The molecule has 0 fully saturated rings. The van der Waals surface area contributed by atoms with Crippen molar-refractivity contribution in [2.45, 2.75) is 9.79 Å². The second-order valence-corrected chi connectivity index (χ2v) is 6.72. The molecule has 0 aliphatic carbocycles. The number of aromatic hydroxyl groups is 1. The van der Waals surface area contributed by atoms with Gasteiger partial charge in [-0.25, -0.2) is 8.42 Å². The first-order valence-electron chi connectivity index (χ1n) is 5.00. The zero-order valence-corrected chi connectivity index (χ0v) is 11.3. The third-order valence-electron chi connectivity index (χ3n) is 2.63. The van der Waals surface area contributed by atoms with Crippen molar-refractivity contribution in [1.82, 2.24) is 0 Å². The highest BCUT2D eigenvalue weighted by atomic mass is 32.2. The highest BCUT2D eigenvalue weighted by molar-refractivity contribution is 7.86. The molecule has 4 N–H and O–H groups in total. The Balaban J connectivity index is 3.08. The predicted octanol–water partition coefficient (Wildman–Crippen LogP) is 0.278. The van der Waals surface area contributed by atoms with Crippen molar-refractivity contribution in [3.05, 3.63) is 24.3 Å². The highest BCUT2D eigenvalue weighted by Gasteiger charge is 2.19. The first-order valence-corrected chi connectivity index (χ1v) is 7.85. The molecule has 0 heterocycles. The van der Waals surface area contributed by atoms with E-state index < -0.39 is 35.8 Å². The van der Waals surface area contributed by atoms with E-state index in [2.05, 4.69) is 0 Å². The van der Waals surface area contributed by atoms with Gasteiger partial charge in [0.1, 0.15) is 20.8 Å². The number of phenolic OH excluding ortho intramolecular Hbond substituents is 1. The highest BCUT2D eigenvalue weighted by Crippen LogP contribution is 2.36. The molecule has 0 radical (unpaired) electrons. The fourth-order valence-corrected chi connectivity index (χ4v) is 3.00. The van der Waals surface area contributed by atoms with Crippen LogP contribution in [0, 0.1) is 0 Å². The third-order valence-corrected chi connectivity index (χ3v) is 4.35. The van der Waals surface area contributed by atoms with Gasteiger partial charge < -0.3 is 15.4 Å². The maximum atomic E-state index is 11.2. The Kier molecular flexibility index (Phi) is 3.13. The Hall–Kier alpha value is -1.88. The molecule has 0 unspecified atom stereocenters. The van der Waals surface area contributed by atoms with Crippen LogP contribution in [0.2, 0.25) is 0 Å². The van der Waals surface area contributed by atoms with Gasteiger partial charge in [-0.1, -0.05) is 0 Å². The van der Waals surface area contributed by atoms with Gasteiger partial charge in [0.05, 0.1) is 4.90 Å². The van der Waals surface area contributed by atoms with E-state index in [1.165, 1.54) is 0 Å². The number of rotatable bonds is 2. The average Bonchev–Trinajstić information content (AvgIpc) is 2.25. The summed E-state index contributed by atoms with van der Waals surface area (Å²) in [6.45, 7) is 0. The predicted molar refractivity (Wildman–Crippen MR) is 67.8 cm³/mol. The third kappa shape index (κ3) is 2.41. The summed E-state index contributed by atoms with van der Waals surface area (Å²) in [5, 5.41) is 9.19. The van der Waals surface area contributed by atoms with Crippen LogP contribution < -0.4 is 5.73 Å². The maximum absolute atomic E-state index is 11.2. The van der Waals surface area contributed by atoms with Gasteiger partial charge in [0.25, 0.3) is 10.1 Å². The summed E-state index contributed by atoms with van der Waals surface area (Å²) in [4.78, 5) is -1.50. The molecule has 0 saturated heterocycles. The normalized spacial score (nSPS) is 12.7. The molecule has 20 heavy (non-hydrogen) atoms. The van der Waals surface area contributed by atoms with Gasteiger partial charge in [0, 0.05) is 16.5 Å². The average molecular weight is 318 g/mol. The van der Waals surface area contributed by atoms with E-state index in [0.29, 0.717) is 6.07 Å². The standard InChI is InChI=1S/C10H9NO7S2/c11-7-1-2-9(20(16,17)18)6-3-5(19(13,14)15)4-8(12)10(6)7/h1-4,12H,11H2,(H,13,14,15)(H,16,17,18)/p-1. The molecule has 2 aromatic carbocycles. The maximum Gasteiger partial charge on any atom is 0.295 e. The van der Waals surface area contributed by atoms with Crippen molar-refractivity contribution in [1.29, 1.82) is 0 Å². The molecule has 2 rings (SSSR count). The Morgan fingerprint density at radius 1 is 1.10 bits per heavy atom. The van der Waals surface area contributed by atoms with Crippen LogP contribution in [-0.4, -0.2) is 31.0 Å². The second-order valence-electron chi connectivity index (χ2n) is 3.95. The lowest BCUT2D eigenvalue weighted by Crippen LogP contribution is -2.03. The molecule has 0 spiro atoms. The van der Waals surface area contributed by atoms with E-state index in [0.717, 1.165) is 18.2 Å². The number of fused-ring (bicyclic) bond motifs is 1. The van der Waals surface area contributed by atoms with Crippen LogP contribution in [0.1, 0.15) is 0 Å². The van der Waals surface area contributed by atoms with E-state index in [9.17, 15) is 26.5 Å². The minimum atomic E-state index is -4.92. The SMILES string of the molecule is Nc1ccc(S(=O)(=O)O)c2cc(S(=O)(=O)[O-])cc(O)c12. The number of hydrogen-bond donors (Lipinski definition) is 3. The van der Waals surface area contributed by atoms with Crippen LogP contribution in [0.4, 0.5) is 5.69 Å².